The van der Waals surface area contributed by atoms with Crippen molar-refractivity contribution in [3.05, 3.63) is 33.3 Å². The fraction of sp³-hybridized carbons (Fsp3) is 0.100. The summed E-state index contributed by atoms with van der Waals surface area (Å²) in [6.45, 7) is 0. The first kappa shape index (κ1) is 10.4. The Morgan fingerprint density at radius 1 is 1.27 bits per heavy atom. The largest absolute Gasteiger partial charge is 0.298 e. The van der Waals surface area contributed by atoms with Crippen molar-refractivity contribution in [2.45, 2.75) is 6.43 Å². The first-order valence-corrected chi connectivity index (χ1v) is 5.93. The summed E-state index contributed by atoms with van der Waals surface area (Å²) in [4.78, 5) is 11.2. The van der Waals surface area contributed by atoms with Gasteiger partial charge in [0.25, 0.3) is 6.43 Å². The molecule has 2 aromatic heterocycles. The van der Waals surface area contributed by atoms with Gasteiger partial charge in [-0.2, -0.15) is 11.3 Å². The summed E-state index contributed by atoms with van der Waals surface area (Å²) >= 11 is 2.55. The van der Waals surface area contributed by atoms with E-state index in [1.807, 2.05) is 0 Å². The van der Waals surface area contributed by atoms with Crippen LogP contribution in [0.3, 0.4) is 0 Å². The fourth-order valence-corrected chi connectivity index (χ4v) is 3.04. The van der Waals surface area contributed by atoms with Crippen molar-refractivity contribution in [3.8, 4) is 10.4 Å². The first-order chi connectivity index (χ1) is 7.22. The van der Waals surface area contributed by atoms with Crippen LogP contribution in [0, 0.1) is 0 Å². The van der Waals surface area contributed by atoms with Crippen LogP contribution in [0.2, 0.25) is 0 Å². The molecule has 0 atom stereocenters. The summed E-state index contributed by atoms with van der Waals surface area (Å²) in [6.07, 6.45) is -1.75. The Morgan fingerprint density at radius 3 is 2.67 bits per heavy atom. The van der Waals surface area contributed by atoms with Gasteiger partial charge in [0.05, 0.1) is 0 Å². The molecule has 15 heavy (non-hydrogen) atoms. The van der Waals surface area contributed by atoms with Crippen LogP contribution in [-0.2, 0) is 0 Å². The van der Waals surface area contributed by atoms with E-state index in [1.165, 1.54) is 28.1 Å². The number of aldehydes is 1. The monoisotopic (exact) mass is 244 g/mol. The summed E-state index contributed by atoms with van der Waals surface area (Å²) in [7, 11) is 0. The zero-order valence-corrected chi connectivity index (χ0v) is 9.08. The second-order valence-electron chi connectivity index (χ2n) is 2.90. The summed E-state index contributed by atoms with van der Waals surface area (Å²) < 4.78 is 25.2. The van der Waals surface area contributed by atoms with E-state index in [9.17, 15) is 13.6 Å². The number of carbonyl (C=O) groups is 1. The Balaban J connectivity index is 2.44. The van der Waals surface area contributed by atoms with E-state index in [0.717, 1.165) is 0 Å². The van der Waals surface area contributed by atoms with Crippen molar-refractivity contribution in [1.82, 2.24) is 0 Å². The van der Waals surface area contributed by atoms with Crippen LogP contribution in [0.15, 0.2) is 22.2 Å². The van der Waals surface area contributed by atoms with Gasteiger partial charge in [-0.05, 0) is 11.4 Å². The molecule has 0 radical (unpaired) electrons. The fourth-order valence-electron chi connectivity index (χ4n) is 1.23. The Hall–Kier alpha value is -1.07. The number of hydrogen-bond acceptors (Lipinski definition) is 3. The molecular weight excluding hydrogens is 238 g/mol. The van der Waals surface area contributed by atoms with Crippen molar-refractivity contribution >= 4 is 29.0 Å². The smallest absolute Gasteiger partial charge is 0.265 e. The Kier molecular flexibility index (Phi) is 2.93. The van der Waals surface area contributed by atoms with Crippen molar-refractivity contribution < 1.29 is 13.6 Å². The summed E-state index contributed by atoms with van der Waals surface area (Å²) in [5.74, 6) is 0. The first-order valence-electron chi connectivity index (χ1n) is 4.10. The normalized spacial score (nSPS) is 10.9. The Morgan fingerprint density at radius 2 is 2.07 bits per heavy atom. The van der Waals surface area contributed by atoms with E-state index in [1.54, 1.807) is 16.8 Å². The van der Waals surface area contributed by atoms with E-state index < -0.39 is 6.43 Å². The number of alkyl halides is 2. The molecule has 0 N–H and O–H groups in total. The standard InChI is InChI=1S/C10H6F2OS2/c11-10(12)8-5-14-4-7(8)9-1-6(2-13)3-15-9/h1-5,10H. The molecule has 0 aliphatic rings. The molecule has 5 heteroatoms. The average molecular weight is 244 g/mol. The van der Waals surface area contributed by atoms with E-state index in [0.29, 0.717) is 22.3 Å². The van der Waals surface area contributed by atoms with Crippen molar-refractivity contribution in [1.29, 1.82) is 0 Å². The topological polar surface area (TPSA) is 17.1 Å². The van der Waals surface area contributed by atoms with Gasteiger partial charge in [-0.1, -0.05) is 0 Å². The summed E-state index contributed by atoms with van der Waals surface area (Å²) in [5, 5.41) is 4.79. The minimum Gasteiger partial charge on any atom is -0.298 e. The number of thiophene rings is 2. The second-order valence-corrected chi connectivity index (χ2v) is 4.56. The molecule has 2 aromatic rings. The maximum Gasteiger partial charge on any atom is 0.265 e. The molecule has 0 aromatic carbocycles. The van der Waals surface area contributed by atoms with E-state index in [4.69, 9.17) is 0 Å². The predicted octanol–water partition coefficient (Wildman–Crippen LogP) is 4.23. The van der Waals surface area contributed by atoms with E-state index in [-0.39, 0.29) is 5.56 Å². The summed E-state index contributed by atoms with van der Waals surface area (Å²) in [6, 6.07) is 1.63. The lowest BCUT2D eigenvalue weighted by Crippen LogP contribution is -1.82. The third kappa shape index (κ3) is 1.98. The molecule has 2 rings (SSSR count). The molecule has 0 bridgehead atoms. The zero-order chi connectivity index (χ0) is 10.8. The maximum atomic E-state index is 12.6. The van der Waals surface area contributed by atoms with Crippen LogP contribution < -0.4 is 0 Å². The van der Waals surface area contributed by atoms with Crippen molar-refractivity contribution in [2.75, 3.05) is 0 Å². The highest BCUT2D eigenvalue weighted by molar-refractivity contribution is 7.14. The number of halogens is 2. The molecule has 0 spiro atoms. The molecule has 78 valence electrons. The third-order valence-electron chi connectivity index (χ3n) is 1.95. The highest BCUT2D eigenvalue weighted by atomic mass is 32.1. The number of hydrogen-bond donors (Lipinski definition) is 0. The minimum atomic E-state index is -2.46. The molecule has 2 heterocycles. The van der Waals surface area contributed by atoms with Gasteiger partial charge in [0.2, 0.25) is 0 Å². The second kappa shape index (κ2) is 4.20. The molecule has 1 nitrogen and oxygen atoms in total. The Bertz CT molecular complexity index is 473. The minimum absolute atomic E-state index is 0.0410. The zero-order valence-electron chi connectivity index (χ0n) is 7.44. The van der Waals surface area contributed by atoms with Crippen molar-refractivity contribution in [2.24, 2.45) is 0 Å². The lowest BCUT2D eigenvalue weighted by molar-refractivity contribution is 0.112. The van der Waals surface area contributed by atoms with E-state index >= 15 is 0 Å². The highest BCUT2D eigenvalue weighted by Crippen LogP contribution is 2.36. The van der Waals surface area contributed by atoms with Crippen LogP contribution in [0.5, 0.6) is 0 Å². The van der Waals surface area contributed by atoms with Gasteiger partial charge in [-0.3, -0.25) is 4.79 Å². The predicted molar refractivity (Wildman–Crippen MR) is 58.0 cm³/mol. The average Bonchev–Trinajstić information content (AvgIpc) is 2.85. The van der Waals surface area contributed by atoms with Crippen LogP contribution >= 0.6 is 22.7 Å². The van der Waals surface area contributed by atoms with Gasteiger partial charge >= 0.3 is 0 Å². The molecule has 0 saturated heterocycles. The van der Waals surface area contributed by atoms with Gasteiger partial charge in [0, 0.05) is 32.3 Å². The molecule has 0 fully saturated rings. The lowest BCUT2D eigenvalue weighted by atomic mass is 10.1. The van der Waals surface area contributed by atoms with Crippen LogP contribution in [-0.4, -0.2) is 6.29 Å². The van der Waals surface area contributed by atoms with Gasteiger partial charge in [0.15, 0.2) is 6.29 Å². The maximum absolute atomic E-state index is 12.6. The van der Waals surface area contributed by atoms with Gasteiger partial charge in [0.1, 0.15) is 0 Å². The van der Waals surface area contributed by atoms with Gasteiger partial charge in [-0.15, -0.1) is 11.3 Å². The number of rotatable bonds is 3. The molecule has 0 amide bonds. The van der Waals surface area contributed by atoms with Crippen LogP contribution in [0.25, 0.3) is 10.4 Å². The lowest BCUT2D eigenvalue weighted by Gasteiger charge is -1.99. The van der Waals surface area contributed by atoms with E-state index in [2.05, 4.69) is 0 Å². The van der Waals surface area contributed by atoms with Crippen LogP contribution in [0.4, 0.5) is 8.78 Å². The molecule has 0 saturated carbocycles. The van der Waals surface area contributed by atoms with Gasteiger partial charge in [-0.25, -0.2) is 8.78 Å². The quantitative estimate of drug-likeness (QED) is 0.738. The molecule has 0 aliphatic carbocycles. The molecule has 0 aliphatic heterocycles. The Labute approximate surface area is 93.0 Å². The SMILES string of the molecule is O=Cc1csc(-c2cscc2C(F)F)c1. The molecular formula is C10H6F2OS2. The van der Waals surface area contributed by atoms with Gasteiger partial charge < -0.3 is 0 Å². The van der Waals surface area contributed by atoms with Crippen molar-refractivity contribution in [3.63, 3.8) is 0 Å². The summed E-state index contributed by atoms with van der Waals surface area (Å²) in [5.41, 5.74) is 1.11. The third-order valence-corrected chi connectivity index (χ3v) is 3.69. The number of carbonyl (C=O) groups excluding carboxylic acids is 1. The highest BCUT2D eigenvalue weighted by Gasteiger charge is 2.16. The molecule has 0 unspecified atom stereocenters. The van der Waals surface area contributed by atoms with Crippen LogP contribution in [0.1, 0.15) is 22.3 Å².